The van der Waals surface area contributed by atoms with Crippen LogP contribution in [0.4, 0.5) is 5.69 Å². The van der Waals surface area contributed by atoms with Crippen LogP contribution in [-0.4, -0.2) is 11.1 Å². The third kappa shape index (κ3) is 2.62. The zero-order valence-electron chi connectivity index (χ0n) is 11.6. The standard InChI is InChI=1S/C16H19BrN2O/c1-10-4-2-3-5-14(10)20-15-7-6-13(18)12-8-11(17)9-19-16(12)15/h6-10,14H,2-5,18H2,1H3. The highest BCUT2D eigenvalue weighted by Crippen LogP contribution is 2.34. The van der Waals surface area contributed by atoms with Gasteiger partial charge in [-0.15, -0.1) is 0 Å². The van der Waals surface area contributed by atoms with Gasteiger partial charge in [-0.2, -0.15) is 0 Å². The number of hydrogen-bond donors (Lipinski definition) is 1. The fourth-order valence-electron chi connectivity index (χ4n) is 2.91. The van der Waals surface area contributed by atoms with Crippen LogP contribution >= 0.6 is 15.9 Å². The molecule has 1 aliphatic rings. The lowest BCUT2D eigenvalue weighted by Crippen LogP contribution is -2.28. The Hall–Kier alpha value is -1.29. The Balaban J connectivity index is 1.97. The van der Waals surface area contributed by atoms with Gasteiger partial charge in [0, 0.05) is 21.7 Å². The van der Waals surface area contributed by atoms with Gasteiger partial charge in [0.15, 0.2) is 0 Å². The van der Waals surface area contributed by atoms with Gasteiger partial charge < -0.3 is 10.5 Å². The number of rotatable bonds is 2. The number of pyridine rings is 1. The van der Waals surface area contributed by atoms with E-state index < -0.39 is 0 Å². The highest BCUT2D eigenvalue weighted by Gasteiger charge is 2.23. The molecule has 2 N–H and O–H groups in total. The molecule has 2 unspecified atom stereocenters. The van der Waals surface area contributed by atoms with Crippen LogP contribution in [0.25, 0.3) is 10.9 Å². The molecule has 2 atom stereocenters. The molecule has 1 aliphatic carbocycles. The zero-order valence-corrected chi connectivity index (χ0v) is 13.2. The Morgan fingerprint density at radius 3 is 2.90 bits per heavy atom. The van der Waals surface area contributed by atoms with Gasteiger partial charge >= 0.3 is 0 Å². The number of aromatic nitrogens is 1. The second kappa shape index (κ2) is 5.60. The minimum Gasteiger partial charge on any atom is -0.488 e. The molecule has 0 amide bonds. The number of anilines is 1. The molecule has 0 radical (unpaired) electrons. The number of ether oxygens (including phenoxy) is 1. The predicted molar refractivity (Wildman–Crippen MR) is 85.9 cm³/mol. The van der Waals surface area contributed by atoms with Crippen LogP contribution in [0.3, 0.4) is 0 Å². The van der Waals surface area contributed by atoms with Gasteiger partial charge in [-0.1, -0.05) is 13.3 Å². The number of benzene rings is 1. The van der Waals surface area contributed by atoms with E-state index in [-0.39, 0.29) is 0 Å². The molecule has 1 heterocycles. The van der Waals surface area contributed by atoms with Crippen LogP contribution in [0.1, 0.15) is 32.6 Å². The lowest BCUT2D eigenvalue weighted by Gasteiger charge is -2.29. The second-order valence-corrected chi connectivity index (χ2v) is 6.54. The molecule has 4 heteroatoms. The summed E-state index contributed by atoms with van der Waals surface area (Å²) >= 11 is 3.44. The Kier molecular flexibility index (Phi) is 3.83. The minimum absolute atomic E-state index is 0.293. The Morgan fingerprint density at radius 2 is 2.10 bits per heavy atom. The topological polar surface area (TPSA) is 48.1 Å². The van der Waals surface area contributed by atoms with Gasteiger partial charge in [0.25, 0.3) is 0 Å². The second-order valence-electron chi connectivity index (χ2n) is 5.62. The van der Waals surface area contributed by atoms with Gasteiger partial charge in [0.2, 0.25) is 0 Å². The van der Waals surface area contributed by atoms with Crippen molar-refractivity contribution in [2.75, 3.05) is 5.73 Å². The monoisotopic (exact) mass is 334 g/mol. The zero-order chi connectivity index (χ0) is 14.1. The molecule has 1 aromatic carbocycles. The Morgan fingerprint density at radius 1 is 1.30 bits per heavy atom. The van der Waals surface area contributed by atoms with Gasteiger partial charge in [-0.3, -0.25) is 4.98 Å². The van der Waals surface area contributed by atoms with E-state index >= 15 is 0 Å². The summed E-state index contributed by atoms with van der Waals surface area (Å²) in [5.41, 5.74) is 7.62. The van der Waals surface area contributed by atoms with Gasteiger partial charge in [-0.05, 0) is 59.3 Å². The van der Waals surface area contributed by atoms with Crippen LogP contribution in [-0.2, 0) is 0 Å². The molecule has 0 aliphatic heterocycles. The molecule has 1 saturated carbocycles. The van der Waals surface area contributed by atoms with Gasteiger partial charge in [0.1, 0.15) is 17.4 Å². The highest BCUT2D eigenvalue weighted by atomic mass is 79.9. The SMILES string of the molecule is CC1CCCCC1Oc1ccc(N)c2cc(Br)cnc12. The predicted octanol–water partition coefficient (Wildman–Crippen LogP) is 4.54. The molecule has 2 aromatic rings. The van der Waals surface area contributed by atoms with Crippen molar-refractivity contribution in [1.29, 1.82) is 0 Å². The largest absolute Gasteiger partial charge is 0.488 e. The lowest BCUT2D eigenvalue weighted by atomic mass is 9.88. The van der Waals surface area contributed by atoms with Crippen molar-refractivity contribution in [2.24, 2.45) is 5.92 Å². The van der Waals surface area contributed by atoms with Crippen molar-refractivity contribution < 1.29 is 4.74 Å². The van der Waals surface area contributed by atoms with Crippen molar-refractivity contribution in [3.05, 3.63) is 28.9 Å². The Bertz CT molecular complexity index is 629. The van der Waals surface area contributed by atoms with Crippen molar-refractivity contribution >= 4 is 32.5 Å². The fourth-order valence-corrected chi connectivity index (χ4v) is 3.24. The summed E-state index contributed by atoms with van der Waals surface area (Å²) in [5.74, 6) is 1.45. The maximum Gasteiger partial charge on any atom is 0.146 e. The van der Waals surface area contributed by atoms with Crippen LogP contribution < -0.4 is 10.5 Å². The normalized spacial score (nSPS) is 22.9. The van der Waals surface area contributed by atoms with Gasteiger partial charge in [0.05, 0.1) is 0 Å². The summed E-state index contributed by atoms with van der Waals surface area (Å²) in [6.45, 7) is 2.27. The molecule has 1 fully saturated rings. The first-order valence-corrected chi connectivity index (χ1v) is 7.95. The van der Waals surface area contributed by atoms with Crippen LogP contribution in [0.5, 0.6) is 5.75 Å². The van der Waals surface area contributed by atoms with E-state index in [2.05, 4.69) is 27.8 Å². The van der Waals surface area contributed by atoms with Crippen molar-refractivity contribution in [1.82, 2.24) is 4.98 Å². The number of nitrogens with two attached hydrogens (primary N) is 1. The summed E-state index contributed by atoms with van der Waals surface area (Å²) in [7, 11) is 0. The third-order valence-corrected chi connectivity index (χ3v) is 4.56. The van der Waals surface area contributed by atoms with Crippen LogP contribution in [0.15, 0.2) is 28.9 Å². The highest BCUT2D eigenvalue weighted by molar-refractivity contribution is 9.10. The Labute approximate surface area is 127 Å². The fraction of sp³-hybridized carbons (Fsp3) is 0.438. The first-order chi connectivity index (χ1) is 9.65. The van der Waals surface area contributed by atoms with Crippen molar-refractivity contribution in [2.45, 2.75) is 38.7 Å². The smallest absolute Gasteiger partial charge is 0.146 e. The molecular formula is C16H19BrN2O. The molecule has 0 bridgehead atoms. The molecule has 3 nitrogen and oxygen atoms in total. The molecule has 3 rings (SSSR count). The summed E-state index contributed by atoms with van der Waals surface area (Å²) < 4.78 is 7.17. The average Bonchev–Trinajstić information content (AvgIpc) is 2.44. The van der Waals surface area contributed by atoms with E-state index in [4.69, 9.17) is 10.5 Å². The van der Waals surface area contributed by atoms with Gasteiger partial charge in [-0.25, -0.2) is 0 Å². The molecule has 0 saturated heterocycles. The van der Waals surface area contributed by atoms with E-state index in [1.807, 2.05) is 18.2 Å². The van der Waals surface area contributed by atoms with E-state index in [9.17, 15) is 0 Å². The quantitative estimate of drug-likeness (QED) is 0.820. The minimum atomic E-state index is 0.293. The van der Waals surface area contributed by atoms with E-state index in [1.54, 1.807) is 6.20 Å². The third-order valence-electron chi connectivity index (χ3n) is 4.12. The molecule has 106 valence electrons. The number of halogens is 1. The lowest BCUT2D eigenvalue weighted by molar-refractivity contribution is 0.104. The molecule has 1 aromatic heterocycles. The summed E-state index contributed by atoms with van der Waals surface area (Å²) in [4.78, 5) is 4.48. The summed E-state index contributed by atoms with van der Waals surface area (Å²) in [5, 5.41) is 0.945. The average molecular weight is 335 g/mol. The van der Waals surface area contributed by atoms with Crippen molar-refractivity contribution in [3.63, 3.8) is 0 Å². The molecule has 0 spiro atoms. The molecular weight excluding hydrogens is 316 g/mol. The van der Waals surface area contributed by atoms with Crippen LogP contribution in [0.2, 0.25) is 0 Å². The first-order valence-electron chi connectivity index (χ1n) is 7.15. The number of fused-ring (bicyclic) bond motifs is 1. The van der Waals surface area contributed by atoms with Crippen LogP contribution in [0, 0.1) is 5.92 Å². The summed E-state index contributed by atoms with van der Waals surface area (Å²) in [6.07, 6.45) is 7.02. The van der Waals surface area contributed by atoms with E-state index in [1.165, 1.54) is 19.3 Å². The van der Waals surface area contributed by atoms with E-state index in [0.29, 0.717) is 12.0 Å². The van der Waals surface area contributed by atoms with E-state index in [0.717, 1.165) is 33.2 Å². The number of nitrogens with zero attached hydrogens (tertiary/aromatic N) is 1. The number of hydrogen-bond acceptors (Lipinski definition) is 3. The maximum absolute atomic E-state index is 6.24. The summed E-state index contributed by atoms with van der Waals surface area (Å²) in [6, 6.07) is 5.84. The maximum atomic E-state index is 6.24. The molecule has 20 heavy (non-hydrogen) atoms. The van der Waals surface area contributed by atoms with Crippen molar-refractivity contribution in [3.8, 4) is 5.75 Å². The first kappa shape index (κ1) is 13.7. The number of nitrogen functional groups attached to an aromatic ring is 1.